The summed E-state index contributed by atoms with van der Waals surface area (Å²) in [6.45, 7) is 3.61. The summed E-state index contributed by atoms with van der Waals surface area (Å²) in [6.07, 6.45) is 1.56. The van der Waals surface area contributed by atoms with Crippen LogP contribution in [-0.4, -0.2) is 26.3 Å². The molecule has 0 aliphatic rings. The summed E-state index contributed by atoms with van der Waals surface area (Å²) in [5.74, 6) is 1.07. The standard InChI is InChI=1S/C13H18N2O3/c1-9(2)13(16)15-14-8-10-5-6-11(17-3)12(7-10)18-4/h5-9H,1-4H3,(H,15,16)/b14-8+. The van der Waals surface area contributed by atoms with E-state index in [9.17, 15) is 4.79 Å². The summed E-state index contributed by atoms with van der Waals surface area (Å²) in [6, 6.07) is 5.39. The van der Waals surface area contributed by atoms with Crippen LogP contribution in [0.4, 0.5) is 0 Å². The van der Waals surface area contributed by atoms with Crippen molar-refractivity contribution in [3.8, 4) is 11.5 Å². The molecule has 1 N–H and O–H groups in total. The van der Waals surface area contributed by atoms with E-state index in [4.69, 9.17) is 9.47 Å². The number of nitrogens with one attached hydrogen (secondary N) is 1. The van der Waals surface area contributed by atoms with Gasteiger partial charge in [-0.1, -0.05) is 13.8 Å². The van der Waals surface area contributed by atoms with Crippen molar-refractivity contribution in [3.63, 3.8) is 0 Å². The summed E-state index contributed by atoms with van der Waals surface area (Å²) in [4.78, 5) is 11.3. The zero-order chi connectivity index (χ0) is 13.5. The lowest BCUT2D eigenvalue weighted by Gasteiger charge is -2.07. The second kappa shape index (κ2) is 6.64. The minimum Gasteiger partial charge on any atom is -0.493 e. The van der Waals surface area contributed by atoms with Crippen molar-refractivity contribution in [2.45, 2.75) is 13.8 Å². The molecule has 0 aromatic heterocycles. The largest absolute Gasteiger partial charge is 0.493 e. The van der Waals surface area contributed by atoms with Gasteiger partial charge in [-0.2, -0.15) is 5.10 Å². The SMILES string of the molecule is COc1ccc(/C=N/NC(=O)C(C)C)cc1OC. The number of nitrogens with zero attached hydrogens (tertiary/aromatic N) is 1. The Morgan fingerprint density at radius 1 is 1.28 bits per heavy atom. The van der Waals surface area contributed by atoms with Gasteiger partial charge in [0.25, 0.3) is 0 Å². The summed E-state index contributed by atoms with van der Waals surface area (Å²) < 4.78 is 10.3. The Balaban J connectivity index is 2.73. The molecule has 5 heteroatoms. The maximum atomic E-state index is 11.3. The van der Waals surface area contributed by atoms with Crippen LogP contribution in [0.25, 0.3) is 0 Å². The Morgan fingerprint density at radius 2 is 1.94 bits per heavy atom. The summed E-state index contributed by atoms with van der Waals surface area (Å²) in [7, 11) is 3.15. The van der Waals surface area contributed by atoms with E-state index in [0.717, 1.165) is 5.56 Å². The number of carbonyl (C=O) groups excluding carboxylic acids is 1. The molecule has 98 valence electrons. The third kappa shape index (κ3) is 3.76. The Kier molecular flexibility index (Phi) is 5.17. The van der Waals surface area contributed by atoms with Crippen molar-refractivity contribution in [3.05, 3.63) is 23.8 Å². The fraction of sp³-hybridized carbons (Fsp3) is 0.385. The summed E-state index contributed by atoms with van der Waals surface area (Å²) in [5.41, 5.74) is 3.27. The van der Waals surface area contributed by atoms with Crippen LogP contribution in [0, 0.1) is 5.92 Å². The van der Waals surface area contributed by atoms with E-state index in [1.807, 2.05) is 6.07 Å². The highest BCUT2D eigenvalue weighted by molar-refractivity contribution is 5.83. The van der Waals surface area contributed by atoms with Crippen LogP contribution in [0.15, 0.2) is 23.3 Å². The fourth-order valence-electron chi connectivity index (χ4n) is 1.23. The monoisotopic (exact) mass is 250 g/mol. The van der Waals surface area contributed by atoms with Crippen molar-refractivity contribution in [1.82, 2.24) is 5.43 Å². The second-order valence-corrected chi connectivity index (χ2v) is 4.00. The van der Waals surface area contributed by atoms with Gasteiger partial charge < -0.3 is 9.47 Å². The van der Waals surface area contributed by atoms with Gasteiger partial charge in [0, 0.05) is 5.92 Å². The van der Waals surface area contributed by atoms with Gasteiger partial charge in [0.2, 0.25) is 5.91 Å². The first kappa shape index (κ1) is 14.0. The molecular formula is C13H18N2O3. The summed E-state index contributed by atoms with van der Waals surface area (Å²) >= 11 is 0. The van der Waals surface area contributed by atoms with Crippen molar-refractivity contribution in [2.75, 3.05) is 14.2 Å². The van der Waals surface area contributed by atoms with E-state index >= 15 is 0 Å². The number of benzene rings is 1. The van der Waals surface area contributed by atoms with Crippen molar-refractivity contribution in [1.29, 1.82) is 0 Å². The molecule has 0 heterocycles. The molecule has 0 bridgehead atoms. The second-order valence-electron chi connectivity index (χ2n) is 4.00. The van der Waals surface area contributed by atoms with E-state index in [1.165, 1.54) is 0 Å². The highest BCUT2D eigenvalue weighted by Crippen LogP contribution is 2.26. The molecule has 0 fully saturated rings. The van der Waals surface area contributed by atoms with Gasteiger partial charge in [-0.3, -0.25) is 4.79 Å². The van der Waals surface area contributed by atoms with Gasteiger partial charge in [-0.15, -0.1) is 0 Å². The minimum absolute atomic E-state index is 0.0902. The topological polar surface area (TPSA) is 59.9 Å². The van der Waals surface area contributed by atoms with Crippen LogP contribution < -0.4 is 14.9 Å². The predicted molar refractivity (Wildman–Crippen MR) is 70.1 cm³/mol. The Morgan fingerprint density at radius 3 is 2.50 bits per heavy atom. The van der Waals surface area contributed by atoms with Gasteiger partial charge in [-0.05, 0) is 23.8 Å². The minimum atomic E-state index is -0.119. The van der Waals surface area contributed by atoms with Crippen molar-refractivity contribution >= 4 is 12.1 Å². The molecule has 0 saturated heterocycles. The van der Waals surface area contributed by atoms with Crippen LogP contribution >= 0.6 is 0 Å². The van der Waals surface area contributed by atoms with Crippen LogP contribution in [0.1, 0.15) is 19.4 Å². The molecule has 0 atom stereocenters. The van der Waals surface area contributed by atoms with Gasteiger partial charge in [-0.25, -0.2) is 5.43 Å². The maximum absolute atomic E-state index is 11.3. The number of ether oxygens (including phenoxy) is 2. The van der Waals surface area contributed by atoms with Crippen molar-refractivity contribution in [2.24, 2.45) is 11.0 Å². The number of hydrogen-bond acceptors (Lipinski definition) is 4. The highest BCUT2D eigenvalue weighted by Gasteiger charge is 2.05. The summed E-state index contributed by atoms with van der Waals surface area (Å²) in [5, 5.41) is 3.87. The molecule has 0 radical (unpaired) electrons. The van der Waals surface area contributed by atoms with E-state index in [1.54, 1.807) is 46.4 Å². The van der Waals surface area contributed by atoms with Gasteiger partial charge >= 0.3 is 0 Å². The maximum Gasteiger partial charge on any atom is 0.242 e. The van der Waals surface area contributed by atoms with Crippen LogP contribution in [0.3, 0.4) is 0 Å². The highest BCUT2D eigenvalue weighted by atomic mass is 16.5. The van der Waals surface area contributed by atoms with E-state index in [0.29, 0.717) is 11.5 Å². The first-order chi connectivity index (χ1) is 8.58. The lowest BCUT2D eigenvalue weighted by molar-refractivity contribution is -0.123. The lowest BCUT2D eigenvalue weighted by Crippen LogP contribution is -2.22. The van der Waals surface area contributed by atoms with Crippen LogP contribution in [-0.2, 0) is 4.79 Å². The zero-order valence-corrected chi connectivity index (χ0v) is 11.1. The molecule has 0 aliphatic carbocycles. The van der Waals surface area contributed by atoms with Gasteiger partial charge in [0.15, 0.2) is 11.5 Å². The Labute approximate surface area is 107 Å². The van der Waals surface area contributed by atoms with Crippen molar-refractivity contribution < 1.29 is 14.3 Å². The first-order valence-corrected chi connectivity index (χ1v) is 5.63. The molecule has 5 nitrogen and oxygen atoms in total. The molecule has 0 saturated carbocycles. The molecule has 1 aromatic rings. The number of rotatable bonds is 5. The van der Waals surface area contributed by atoms with Gasteiger partial charge in [0.1, 0.15) is 0 Å². The normalized spacial score (nSPS) is 10.7. The van der Waals surface area contributed by atoms with E-state index in [2.05, 4.69) is 10.5 Å². The molecule has 1 aromatic carbocycles. The third-order valence-corrected chi connectivity index (χ3v) is 2.32. The molecule has 0 unspecified atom stereocenters. The lowest BCUT2D eigenvalue weighted by atomic mass is 10.2. The quantitative estimate of drug-likeness (QED) is 0.640. The number of hydrogen-bond donors (Lipinski definition) is 1. The molecule has 0 aliphatic heterocycles. The van der Waals surface area contributed by atoms with E-state index < -0.39 is 0 Å². The molecule has 1 amide bonds. The molecule has 18 heavy (non-hydrogen) atoms. The van der Waals surface area contributed by atoms with Gasteiger partial charge in [0.05, 0.1) is 20.4 Å². The smallest absolute Gasteiger partial charge is 0.242 e. The number of hydrazone groups is 1. The zero-order valence-electron chi connectivity index (χ0n) is 11.1. The average Bonchev–Trinajstić information content (AvgIpc) is 2.38. The first-order valence-electron chi connectivity index (χ1n) is 5.63. The fourth-order valence-corrected chi connectivity index (χ4v) is 1.23. The predicted octanol–water partition coefficient (Wildman–Crippen LogP) is 1.81. The van der Waals surface area contributed by atoms with Crippen LogP contribution in [0.2, 0.25) is 0 Å². The Bertz CT molecular complexity index is 442. The number of amides is 1. The van der Waals surface area contributed by atoms with E-state index in [-0.39, 0.29) is 11.8 Å². The van der Waals surface area contributed by atoms with Crippen LogP contribution in [0.5, 0.6) is 11.5 Å². The third-order valence-electron chi connectivity index (χ3n) is 2.32. The average molecular weight is 250 g/mol. The molecule has 0 spiro atoms. The molecular weight excluding hydrogens is 232 g/mol. The molecule has 1 rings (SSSR count). The Hall–Kier alpha value is -2.04. The number of methoxy groups -OCH3 is 2. The number of carbonyl (C=O) groups is 1.